The summed E-state index contributed by atoms with van der Waals surface area (Å²) in [7, 11) is -3.72. The monoisotopic (exact) mass is 299 g/mol. The Labute approximate surface area is 123 Å². The molecule has 106 valence electrons. The van der Waals surface area contributed by atoms with Gasteiger partial charge >= 0.3 is 0 Å². The Hall–Kier alpha value is -2.58. The zero-order valence-electron chi connectivity index (χ0n) is 11.1. The highest BCUT2D eigenvalue weighted by atomic mass is 32.2. The Morgan fingerprint density at radius 3 is 2.48 bits per heavy atom. The summed E-state index contributed by atoms with van der Waals surface area (Å²) < 4.78 is 24.5. The Balaban J connectivity index is 2.34. The van der Waals surface area contributed by atoms with Crippen LogP contribution in [0, 0.1) is 11.3 Å². The second kappa shape index (κ2) is 6.25. The van der Waals surface area contributed by atoms with Crippen molar-refractivity contribution in [3.8, 4) is 11.8 Å². The topological polar surface area (TPSA) is 78.2 Å². The summed E-state index contributed by atoms with van der Waals surface area (Å²) in [6.45, 7) is 0. The highest BCUT2D eigenvalue weighted by Gasteiger charge is 2.18. The third kappa shape index (κ3) is 3.94. The number of rotatable bonds is 4. The molecule has 0 aliphatic carbocycles. The van der Waals surface area contributed by atoms with Crippen molar-refractivity contribution < 1.29 is 13.5 Å². The quantitative estimate of drug-likeness (QED) is 0.880. The van der Waals surface area contributed by atoms with E-state index >= 15 is 0 Å². The standard InChI is InChI=1S/C16H13NO3S/c17-11-16(10-14-7-4-8-15(18)9-14)21(19,20)12-13-5-2-1-3-6-13/h1-10,18H,12H2. The first kappa shape index (κ1) is 14.8. The van der Waals surface area contributed by atoms with Crippen LogP contribution in [0.15, 0.2) is 59.5 Å². The number of nitriles is 1. The number of hydrogen-bond donors (Lipinski definition) is 1. The van der Waals surface area contributed by atoms with Gasteiger partial charge in [0, 0.05) is 0 Å². The molecule has 2 rings (SSSR count). The van der Waals surface area contributed by atoms with Crippen LogP contribution in [0.25, 0.3) is 6.08 Å². The van der Waals surface area contributed by atoms with Crippen LogP contribution in [0.1, 0.15) is 11.1 Å². The third-order valence-electron chi connectivity index (χ3n) is 2.81. The summed E-state index contributed by atoms with van der Waals surface area (Å²) in [6.07, 6.45) is 1.26. The van der Waals surface area contributed by atoms with Crippen LogP contribution in [0.4, 0.5) is 0 Å². The minimum absolute atomic E-state index is 0.0153. The number of nitrogens with zero attached hydrogens (tertiary/aromatic N) is 1. The van der Waals surface area contributed by atoms with E-state index in [1.54, 1.807) is 48.5 Å². The minimum Gasteiger partial charge on any atom is -0.508 e. The number of phenolic OH excluding ortho intramolecular Hbond substituents is 1. The molecule has 0 bridgehead atoms. The highest BCUT2D eigenvalue weighted by molar-refractivity contribution is 7.95. The van der Waals surface area contributed by atoms with Gasteiger partial charge in [-0.25, -0.2) is 8.42 Å². The van der Waals surface area contributed by atoms with Gasteiger partial charge in [-0.1, -0.05) is 42.5 Å². The number of phenols is 1. The summed E-state index contributed by atoms with van der Waals surface area (Å²) in [5, 5.41) is 18.5. The van der Waals surface area contributed by atoms with Gasteiger partial charge in [0.2, 0.25) is 0 Å². The van der Waals surface area contributed by atoms with Crippen molar-refractivity contribution in [2.75, 3.05) is 0 Å². The first-order valence-corrected chi connectivity index (χ1v) is 7.84. The van der Waals surface area contributed by atoms with Crippen LogP contribution >= 0.6 is 0 Å². The molecule has 0 aliphatic heterocycles. The fraction of sp³-hybridized carbons (Fsp3) is 0.0625. The Morgan fingerprint density at radius 1 is 1.14 bits per heavy atom. The number of hydrogen-bond acceptors (Lipinski definition) is 4. The van der Waals surface area contributed by atoms with E-state index in [1.165, 1.54) is 18.2 Å². The van der Waals surface area contributed by atoms with Gasteiger partial charge in [-0.05, 0) is 29.3 Å². The molecule has 0 saturated heterocycles. The van der Waals surface area contributed by atoms with Crippen molar-refractivity contribution >= 4 is 15.9 Å². The molecule has 0 heterocycles. The van der Waals surface area contributed by atoms with E-state index in [0.29, 0.717) is 11.1 Å². The molecule has 1 N–H and O–H groups in total. The molecule has 0 atom stereocenters. The van der Waals surface area contributed by atoms with Crippen LogP contribution in [0.5, 0.6) is 5.75 Å². The molecular formula is C16H13NO3S. The smallest absolute Gasteiger partial charge is 0.192 e. The maximum atomic E-state index is 12.3. The fourth-order valence-corrected chi connectivity index (χ4v) is 3.07. The van der Waals surface area contributed by atoms with Crippen LogP contribution in [0.2, 0.25) is 0 Å². The lowest BCUT2D eigenvalue weighted by Crippen LogP contribution is -2.06. The SMILES string of the molecule is N#CC(=Cc1cccc(O)c1)S(=O)(=O)Cc1ccccc1. The number of allylic oxidation sites excluding steroid dienone is 1. The van der Waals surface area contributed by atoms with Gasteiger partial charge < -0.3 is 5.11 Å². The lowest BCUT2D eigenvalue weighted by atomic mass is 10.2. The summed E-state index contributed by atoms with van der Waals surface area (Å²) in [5.74, 6) is -0.215. The predicted octanol–water partition coefficient (Wildman–Crippen LogP) is 2.87. The fourth-order valence-electron chi connectivity index (χ4n) is 1.83. The summed E-state index contributed by atoms with van der Waals surface area (Å²) in [5.41, 5.74) is 1.08. The zero-order valence-corrected chi connectivity index (χ0v) is 11.9. The van der Waals surface area contributed by atoms with Crippen molar-refractivity contribution in [1.29, 1.82) is 5.26 Å². The molecule has 0 amide bonds. The second-order valence-corrected chi connectivity index (χ2v) is 6.42. The summed E-state index contributed by atoms with van der Waals surface area (Å²) in [6, 6.07) is 16.5. The van der Waals surface area contributed by atoms with E-state index in [2.05, 4.69) is 0 Å². The number of benzene rings is 2. The van der Waals surface area contributed by atoms with Crippen molar-refractivity contribution in [3.63, 3.8) is 0 Å². The molecule has 0 aliphatic rings. The van der Waals surface area contributed by atoms with Gasteiger partial charge in [-0.2, -0.15) is 5.26 Å². The van der Waals surface area contributed by atoms with Crippen molar-refractivity contribution in [2.24, 2.45) is 0 Å². The largest absolute Gasteiger partial charge is 0.508 e. The van der Waals surface area contributed by atoms with Crippen LogP contribution in [-0.4, -0.2) is 13.5 Å². The van der Waals surface area contributed by atoms with Gasteiger partial charge in [0.25, 0.3) is 0 Å². The molecule has 2 aromatic rings. The van der Waals surface area contributed by atoms with Crippen LogP contribution < -0.4 is 0 Å². The molecule has 0 aromatic heterocycles. The Bertz CT molecular complexity index is 803. The molecule has 0 unspecified atom stereocenters. The van der Waals surface area contributed by atoms with E-state index < -0.39 is 9.84 Å². The lowest BCUT2D eigenvalue weighted by Gasteiger charge is -2.03. The molecular weight excluding hydrogens is 286 g/mol. The highest BCUT2D eigenvalue weighted by Crippen LogP contribution is 2.19. The van der Waals surface area contributed by atoms with Gasteiger partial charge in [-0.3, -0.25) is 0 Å². The molecule has 0 radical (unpaired) electrons. The maximum absolute atomic E-state index is 12.3. The van der Waals surface area contributed by atoms with E-state index in [4.69, 9.17) is 5.26 Å². The normalized spacial score (nSPS) is 11.9. The van der Waals surface area contributed by atoms with Gasteiger partial charge in [0.15, 0.2) is 9.84 Å². The first-order chi connectivity index (χ1) is 10.0. The minimum atomic E-state index is -3.72. The Kier molecular flexibility index (Phi) is 4.41. The van der Waals surface area contributed by atoms with E-state index in [1.807, 2.05) is 0 Å². The number of sulfone groups is 1. The lowest BCUT2D eigenvalue weighted by molar-refractivity contribution is 0.475. The van der Waals surface area contributed by atoms with Gasteiger partial charge in [-0.15, -0.1) is 0 Å². The first-order valence-electron chi connectivity index (χ1n) is 6.19. The van der Waals surface area contributed by atoms with Crippen LogP contribution in [0.3, 0.4) is 0 Å². The van der Waals surface area contributed by atoms with Gasteiger partial charge in [0.05, 0.1) is 5.75 Å². The molecule has 0 fully saturated rings. The van der Waals surface area contributed by atoms with Crippen molar-refractivity contribution in [3.05, 3.63) is 70.6 Å². The summed E-state index contributed by atoms with van der Waals surface area (Å²) >= 11 is 0. The van der Waals surface area contributed by atoms with E-state index in [9.17, 15) is 13.5 Å². The van der Waals surface area contributed by atoms with E-state index in [-0.39, 0.29) is 16.4 Å². The zero-order chi connectivity index (χ0) is 15.3. The summed E-state index contributed by atoms with van der Waals surface area (Å²) in [4.78, 5) is -0.322. The van der Waals surface area contributed by atoms with E-state index in [0.717, 1.165) is 0 Å². The molecule has 2 aromatic carbocycles. The predicted molar refractivity (Wildman–Crippen MR) is 80.8 cm³/mol. The van der Waals surface area contributed by atoms with Crippen molar-refractivity contribution in [2.45, 2.75) is 5.75 Å². The average molecular weight is 299 g/mol. The second-order valence-electron chi connectivity index (χ2n) is 4.46. The molecule has 5 heteroatoms. The van der Waals surface area contributed by atoms with Crippen LogP contribution in [-0.2, 0) is 15.6 Å². The molecule has 21 heavy (non-hydrogen) atoms. The average Bonchev–Trinajstić information content (AvgIpc) is 2.45. The van der Waals surface area contributed by atoms with Crippen molar-refractivity contribution in [1.82, 2.24) is 0 Å². The Morgan fingerprint density at radius 2 is 1.86 bits per heavy atom. The third-order valence-corrected chi connectivity index (χ3v) is 4.41. The number of aromatic hydroxyl groups is 1. The molecule has 4 nitrogen and oxygen atoms in total. The van der Waals surface area contributed by atoms with Gasteiger partial charge in [0.1, 0.15) is 16.7 Å². The maximum Gasteiger partial charge on any atom is 0.192 e. The molecule has 0 spiro atoms. The molecule has 0 saturated carbocycles.